The van der Waals surface area contributed by atoms with Crippen LogP contribution in [0.25, 0.3) is 0 Å². The summed E-state index contributed by atoms with van der Waals surface area (Å²) in [5.74, 6) is 1.00. The second-order valence-corrected chi connectivity index (χ2v) is 5.91. The van der Waals surface area contributed by atoms with E-state index in [0.29, 0.717) is 0 Å². The maximum Gasteiger partial charge on any atom is 0.0122 e. The summed E-state index contributed by atoms with van der Waals surface area (Å²) in [6, 6.07) is 1.75. The van der Waals surface area contributed by atoms with Gasteiger partial charge in [-0.05, 0) is 51.2 Å². The van der Waals surface area contributed by atoms with E-state index < -0.39 is 0 Å². The number of nitrogens with one attached hydrogen (secondary N) is 1. The largest absolute Gasteiger partial charge is 0.317 e. The molecule has 100 valence electrons. The topological polar surface area (TPSA) is 15.3 Å². The molecule has 17 heavy (non-hydrogen) atoms. The Morgan fingerprint density at radius 2 is 1.76 bits per heavy atom. The van der Waals surface area contributed by atoms with Crippen LogP contribution in [0.5, 0.6) is 0 Å². The van der Waals surface area contributed by atoms with Crippen molar-refractivity contribution in [2.24, 2.45) is 5.92 Å². The zero-order valence-corrected chi connectivity index (χ0v) is 11.8. The molecule has 2 rings (SSSR count). The normalized spacial score (nSPS) is 31.9. The summed E-state index contributed by atoms with van der Waals surface area (Å²) in [6.07, 6.45) is 9.98. The molecule has 2 fully saturated rings. The molecule has 1 saturated heterocycles. The van der Waals surface area contributed by atoms with Crippen molar-refractivity contribution in [1.82, 2.24) is 10.2 Å². The van der Waals surface area contributed by atoms with Gasteiger partial charge in [-0.3, -0.25) is 4.90 Å². The summed E-state index contributed by atoms with van der Waals surface area (Å²) in [6.45, 7) is 8.44. The van der Waals surface area contributed by atoms with Gasteiger partial charge in [-0.1, -0.05) is 33.1 Å². The molecule has 0 amide bonds. The summed E-state index contributed by atoms with van der Waals surface area (Å²) in [4.78, 5) is 2.84. The first-order chi connectivity index (χ1) is 8.35. The Hall–Kier alpha value is -0.0800. The lowest BCUT2D eigenvalue weighted by Gasteiger charge is -2.43. The van der Waals surface area contributed by atoms with Crippen molar-refractivity contribution >= 4 is 0 Å². The van der Waals surface area contributed by atoms with Crippen molar-refractivity contribution in [3.8, 4) is 0 Å². The molecule has 0 aromatic carbocycles. The first kappa shape index (κ1) is 13.4. The smallest absolute Gasteiger partial charge is 0.0122 e. The van der Waals surface area contributed by atoms with Gasteiger partial charge in [-0.25, -0.2) is 0 Å². The Bertz CT molecular complexity index is 211. The van der Waals surface area contributed by atoms with Crippen LogP contribution in [0.15, 0.2) is 0 Å². The van der Waals surface area contributed by atoms with Crippen LogP contribution < -0.4 is 5.32 Å². The second-order valence-electron chi connectivity index (χ2n) is 5.91. The summed E-state index contributed by atoms with van der Waals surface area (Å²) in [5, 5.41) is 3.49. The number of nitrogens with zero attached hydrogens (tertiary/aromatic N) is 1. The third-order valence-corrected chi connectivity index (χ3v) is 4.94. The molecule has 0 spiro atoms. The quantitative estimate of drug-likeness (QED) is 0.810. The fraction of sp³-hybridized carbons (Fsp3) is 1.00. The molecular weight excluding hydrogens is 208 g/mol. The minimum absolute atomic E-state index is 0.863. The highest BCUT2D eigenvalue weighted by atomic mass is 15.2. The molecule has 0 bridgehead atoms. The zero-order valence-electron chi connectivity index (χ0n) is 11.8. The van der Waals surface area contributed by atoms with E-state index in [4.69, 9.17) is 0 Å². The first-order valence-electron chi connectivity index (χ1n) is 7.81. The first-order valence-corrected chi connectivity index (χ1v) is 7.81. The molecule has 2 heteroatoms. The van der Waals surface area contributed by atoms with Gasteiger partial charge in [0, 0.05) is 12.1 Å². The van der Waals surface area contributed by atoms with E-state index in [1.54, 1.807) is 0 Å². The summed E-state index contributed by atoms with van der Waals surface area (Å²) < 4.78 is 0. The van der Waals surface area contributed by atoms with Gasteiger partial charge in [0.05, 0.1) is 0 Å². The fourth-order valence-corrected chi connectivity index (χ4v) is 3.89. The average molecular weight is 238 g/mol. The van der Waals surface area contributed by atoms with Crippen LogP contribution in [0, 0.1) is 5.92 Å². The maximum atomic E-state index is 3.49. The van der Waals surface area contributed by atoms with Crippen LogP contribution in [-0.4, -0.2) is 36.6 Å². The Kier molecular flexibility index (Phi) is 5.30. The summed E-state index contributed by atoms with van der Waals surface area (Å²) in [7, 11) is 0. The average Bonchev–Trinajstić information content (AvgIpc) is 2.41. The number of rotatable bonds is 4. The highest BCUT2D eigenvalue weighted by molar-refractivity contribution is 4.86. The number of piperidine rings is 1. The van der Waals surface area contributed by atoms with Gasteiger partial charge in [0.1, 0.15) is 0 Å². The Morgan fingerprint density at radius 1 is 1.00 bits per heavy atom. The Balaban J connectivity index is 1.91. The molecule has 0 radical (unpaired) electrons. The van der Waals surface area contributed by atoms with Crippen molar-refractivity contribution in [2.75, 3.05) is 19.6 Å². The molecule has 1 N–H and O–H groups in total. The van der Waals surface area contributed by atoms with E-state index in [-0.39, 0.29) is 0 Å². The van der Waals surface area contributed by atoms with Gasteiger partial charge in [-0.15, -0.1) is 0 Å². The van der Waals surface area contributed by atoms with Crippen molar-refractivity contribution in [3.63, 3.8) is 0 Å². The predicted octanol–water partition coefficient (Wildman–Crippen LogP) is 3.03. The van der Waals surface area contributed by atoms with Gasteiger partial charge in [0.15, 0.2) is 0 Å². The second kappa shape index (κ2) is 6.75. The van der Waals surface area contributed by atoms with Crippen LogP contribution >= 0.6 is 0 Å². The number of hydrogen-bond acceptors (Lipinski definition) is 2. The van der Waals surface area contributed by atoms with E-state index in [1.807, 2.05) is 0 Å². The van der Waals surface area contributed by atoms with Gasteiger partial charge < -0.3 is 5.32 Å². The molecule has 2 atom stereocenters. The molecule has 2 unspecified atom stereocenters. The minimum atomic E-state index is 0.863. The highest BCUT2D eigenvalue weighted by Gasteiger charge is 2.30. The molecule has 2 aliphatic rings. The minimum Gasteiger partial charge on any atom is -0.317 e. The van der Waals surface area contributed by atoms with E-state index in [1.165, 1.54) is 64.6 Å². The molecule has 1 saturated carbocycles. The van der Waals surface area contributed by atoms with E-state index in [2.05, 4.69) is 24.1 Å². The SMILES string of the molecule is CCC1CCCC(N(CC)C2CCNCC2)C1. The molecule has 1 heterocycles. The molecule has 2 nitrogen and oxygen atoms in total. The third kappa shape index (κ3) is 3.45. The van der Waals surface area contributed by atoms with Crippen molar-refractivity contribution < 1.29 is 0 Å². The zero-order chi connectivity index (χ0) is 12.1. The van der Waals surface area contributed by atoms with Crippen LogP contribution in [0.3, 0.4) is 0 Å². The van der Waals surface area contributed by atoms with Crippen LogP contribution in [0.4, 0.5) is 0 Å². The molecule has 1 aliphatic carbocycles. The lowest BCUT2D eigenvalue weighted by atomic mass is 9.82. The summed E-state index contributed by atoms with van der Waals surface area (Å²) >= 11 is 0. The van der Waals surface area contributed by atoms with Gasteiger partial charge in [-0.2, -0.15) is 0 Å². The number of hydrogen-bond donors (Lipinski definition) is 1. The third-order valence-electron chi connectivity index (χ3n) is 4.94. The fourth-order valence-electron chi connectivity index (χ4n) is 3.89. The molecule has 1 aliphatic heterocycles. The van der Waals surface area contributed by atoms with E-state index in [9.17, 15) is 0 Å². The van der Waals surface area contributed by atoms with Gasteiger partial charge >= 0.3 is 0 Å². The lowest BCUT2D eigenvalue weighted by Crippen LogP contribution is -2.49. The van der Waals surface area contributed by atoms with Crippen molar-refractivity contribution in [3.05, 3.63) is 0 Å². The van der Waals surface area contributed by atoms with Crippen LogP contribution in [0.1, 0.15) is 58.8 Å². The standard InChI is InChI=1S/C15H30N2/c1-3-13-6-5-7-15(12-13)17(4-2)14-8-10-16-11-9-14/h13-16H,3-12H2,1-2H3. The van der Waals surface area contributed by atoms with Gasteiger partial charge in [0.2, 0.25) is 0 Å². The maximum absolute atomic E-state index is 3.49. The van der Waals surface area contributed by atoms with Crippen LogP contribution in [-0.2, 0) is 0 Å². The predicted molar refractivity (Wildman–Crippen MR) is 74.3 cm³/mol. The monoisotopic (exact) mass is 238 g/mol. The van der Waals surface area contributed by atoms with Crippen molar-refractivity contribution in [1.29, 1.82) is 0 Å². The Labute approximate surface area is 107 Å². The van der Waals surface area contributed by atoms with Gasteiger partial charge in [0.25, 0.3) is 0 Å². The molecule has 0 aromatic rings. The Morgan fingerprint density at radius 3 is 2.41 bits per heavy atom. The molecular formula is C15H30N2. The van der Waals surface area contributed by atoms with Crippen molar-refractivity contribution in [2.45, 2.75) is 70.9 Å². The molecule has 0 aromatic heterocycles. The van der Waals surface area contributed by atoms with E-state index in [0.717, 1.165) is 18.0 Å². The van der Waals surface area contributed by atoms with Crippen LogP contribution in [0.2, 0.25) is 0 Å². The van der Waals surface area contributed by atoms with E-state index >= 15 is 0 Å². The lowest BCUT2D eigenvalue weighted by molar-refractivity contribution is 0.0740. The summed E-state index contributed by atoms with van der Waals surface area (Å²) in [5.41, 5.74) is 0. The highest BCUT2D eigenvalue weighted by Crippen LogP contribution is 2.31.